The first kappa shape index (κ1) is 21.7. The van der Waals surface area contributed by atoms with E-state index >= 15 is 0 Å². The highest BCUT2D eigenvalue weighted by Crippen LogP contribution is 2.25. The van der Waals surface area contributed by atoms with E-state index in [-0.39, 0.29) is 19.1 Å². The number of hydrogen-bond acceptors (Lipinski definition) is 5. The highest BCUT2D eigenvalue weighted by molar-refractivity contribution is 6.30. The summed E-state index contributed by atoms with van der Waals surface area (Å²) in [5.41, 5.74) is 3.13. The molecule has 28 heavy (non-hydrogen) atoms. The predicted octanol–water partition coefficient (Wildman–Crippen LogP) is 4.44. The molecule has 0 aliphatic heterocycles. The molecule has 7 heteroatoms. The third-order valence-electron chi connectivity index (χ3n) is 4.09. The van der Waals surface area contributed by atoms with Gasteiger partial charge in [-0.25, -0.2) is 9.59 Å². The Bertz CT molecular complexity index is 824. The Morgan fingerprint density at radius 2 is 1.96 bits per heavy atom. The fourth-order valence-electron chi connectivity index (χ4n) is 2.66. The summed E-state index contributed by atoms with van der Waals surface area (Å²) >= 11 is 6.13. The first-order chi connectivity index (χ1) is 13.4. The molecule has 1 amide bonds. The lowest BCUT2D eigenvalue weighted by Gasteiger charge is -2.21. The Morgan fingerprint density at radius 3 is 2.68 bits per heavy atom. The van der Waals surface area contributed by atoms with Crippen LogP contribution in [0.1, 0.15) is 40.1 Å². The Kier molecular flexibility index (Phi) is 8.29. The van der Waals surface area contributed by atoms with E-state index in [1.807, 2.05) is 25.1 Å². The molecule has 6 nitrogen and oxygen atoms in total. The Labute approximate surface area is 169 Å². The van der Waals surface area contributed by atoms with Crippen molar-refractivity contribution in [1.29, 1.82) is 0 Å². The molecule has 0 spiro atoms. The van der Waals surface area contributed by atoms with Crippen LogP contribution in [-0.4, -0.2) is 32.3 Å². The second-order valence-corrected chi connectivity index (χ2v) is 6.53. The molecular formula is C21H24ClNO5. The number of methoxy groups -OCH3 is 1. The van der Waals surface area contributed by atoms with E-state index < -0.39 is 12.2 Å². The number of halogens is 1. The van der Waals surface area contributed by atoms with Gasteiger partial charge in [0.25, 0.3) is 0 Å². The first-order valence-corrected chi connectivity index (χ1v) is 9.28. The summed E-state index contributed by atoms with van der Waals surface area (Å²) in [5, 5.41) is 3.24. The number of benzene rings is 2. The molecule has 1 N–H and O–H groups in total. The van der Waals surface area contributed by atoms with Crippen LogP contribution in [0, 0.1) is 6.92 Å². The molecule has 0 radical (unpaired) electrons. The maximum atomic E-state index is 11.9. The van der Waals surface area contributed by atoms with Crippen molar-refractivity contribution < 1.29 is 23.8 Å². The molecule has 0 aliphatic carbocycles. The van der Waals surface area contributed by atoms with Crippen molar-refractivity contribution in [2.24, 2.45) is 0 Å². The third-order valence-corrected chi connectivity index (χ3v) is 4.33. The van der Waals surface area contributed by atoms with Gasteiger partial charge in [0.2, 0.25) is 0 Å². The SMILES string of the molecule is CCOC(=O)c1cccc(COC(CNC(=O)OC)c2cc(Cl)ccc2C)c1. The number of carbonyl (C=O) groups excluding carboxylic acids is 2. The third kappa shape index (κ3) is 6.25. The van der Waals surface area contributed by atoms with E-state index in [1.54, 1.807) is 31.2 Å². The van der Waals surface area contributed by atoms with Gasteiger partial charge in [0.05, 0.1) is 32.4 Å². The largest absolute Gasteiger partial charge is 0.462 e. The minimum absolute atomic E-state index is 0.214. The van der Waals surface area contributed by atoms with Crippen LogP contribution in [0.5, 0.6) is 0 Å². The zero-order valence-electron chi connectivity index (χ0n) is 16.2. The smallest absolute Gasteiger partial charge is 0.406 e. The van der Waals surface area contributed by atoms with Gasteiger partial charge in [0.1, 0.15) is 6.10 Å². The molecule has 2 aromatic rings. The summed E-state index contributed by atoms with van der Waals surface area (Å²) in [5.74, 6) is -0.376. The van der Waals surface area contributed by atoms with Gasteiger partial charge < -0.3 is 19.5 Å². The lowest BCUT2D eigenvalue weighted by atomic mass is 10.0. The van der Waals surface area contributed by atoms with E-state index in [0.29, 0.717) is 17.2 Å². The lowest BCUT2D eigenvalue weighted by molar-refractivity contribution is 0.0387. The monoisotopic (exact) mass is 405 g/mol. The van der Waals surface area contributed by atoms with Gasteiger partial charge >= 0.3 is 12.1 Å². The summed E-state index contributed by atoms with van der Waals surface area (Å²) in [6.45, 7) is 4.48. The molecule has 0 fully saturated rings. The zero-order valence-corrected chi connectivity index (χ0v) is 16.9. The number of ether oxygens (including phenoxy) is 3. The van der Waals surface area contributed by atoms with Crippen molar-refractivity contribution in [3.05, 3.63) is 69.7 Å². The van der Waals surface area contributed by atoms with Crippen LogP contribution in [0.25, 0.3) is 0 Å². The van der Waals surface area contributed by atoms with Crippen LogP contribution >= 0.6 is 11.6 Å². The number of carbonyl (C=O) groups is 2. The molecule has 0 aliphatic rings. The fourth-order valence-corrected chi connectivity index (χ4v) is 2.84. The van der Waals surface area contributed by atoms with Gasteiger partial charge in [-0.2, -0.15) is 0 Å². The van der Waals surface area contributed by atoms with Crippen LogP contribution in [0.2, 0.25) is 5.02 Å². The molecule has 0 saturated heterocycles. The Balaban J connectivity index is 2.16. The van der Waals surface area contributed by atoms with Crippen molar-refractivity contribution in [1.82, 2.24) is 5.32 Å². The standard InChI is InChI=1S/C21H24ClNO5/c1-4-27-20(24)16-7-5-6-15(10-16)13-28-19(12-23-21(25)26-3)18-11-17(22)9-8-14(18)2/h5-11,19H,4,12-13H2,1-3H3,(H,23,25). The lowest BCUT2D eigenvalue weighted by Crippen LogP contribution is -2.29. The van der Waals surface area contributed by atoms with Crippen molar-refractivity contribution in [3.63, 3.8) is 0 Å². The second-order valence-electron chi connectivity index (χ2n) is 6.09. The molecule has 0 bridgehead atoms. The molecule has 2 aromatic carbocycles. The number of rotatable bonds is 8. The molecule has 1 unspecified atom stereocenters. The summed E-state index contributed by atoms with van der Waals surface area (Å²) in [4.78, 5) is 23.4. The summed E-state index contributed by atoms with van der Waals surface area (Å²) < 4.78 is 15.7. The number of amides is 1. The quantitative estimate of drug-likeness (QED) is 0.657. The van der Waals surface area contributed by atoms with E-state index in [0.717, 1.165) is 16.7 Å². The molecular weight excluding hydrogens is 382 g/mol. The van der Waals surface area contributed by atoms with Crippen LogP contribution in [-0.2, 0) is 20.8 Å². The molecule has 1 atom stereocenters. The number of hydrogen-bond donors (Lipinski definition) is 1. The molecule has 0 aromatic heterocycles. The predicted molar refractivity (Wildman–Crippen MR) is 107 cm³/mol. The fraction of sp³-hybridized carbons (Fsp3) is 0.333. The van der Waals surface area contributed by atoms with Gasteiger partial charge in [-0.1, -0.05) is 29.8 Å². The van der Waals surface area contributed by atoms with Crippen molar-refractivity contribution in [2.75, 3.05) is 20.3 Å². The topological polar surface area (TPSA) is 73.9 Å². The highest BCUT2D eigenvalue weighted by atomic mass is 35.5. The van der Waals surface area contributed by atoms with Crippen LogP contribution < -0.4 is 5.32 Å². The van der Waals surface area contributed by atoms with Gasteiger partial charge in [0.15, 0.2) is 0 Å². The first-order valence-electron chi connectivity index (χ1n) is 8.90. The average Bonchev–Trinajstić information content (AvgIpc) is 2.70. The van der Waals surface area contributed by atoms with Crippen LogP contribution in [0.15, 0.2) is 42.5 Å². The summed E-state index contributed by atoms with van der Waals surface area (Å²) in [6, 6.07) is 12.6. The van der Waals surface area contributed by atoms with Crippen molar-refractivity contribution >= 4 is 23.7 Å². The van der Waals surface area contributed by atoms with Gasteiger partial charge in [-0.3, -0.25) is 0 Å². The minimum atomic E-state index is -0.544. The van der Waals surface area contributed by atoms with Crippen LogP contribution in [0.3, 0.4) is 0 Å². The van der Waals surface area contributed by atoms with E-state index in [4.69, 9.17) is 21.1 Å². The minimum Gasteiger partial charge on any atom is -0.462 e. The zero-order chi connectivity index (χ0) is 20.5. The van der Waals surface area contributed by atoms with E-state index in [1.165, 1.54) is 7.11 Å². The van der Waals surface area contributed by atoms with E-state index in [9.17, 15) is 9.59 Å². The maximum absolute atomic E-state index is 11.9. The highest BCUT2D eigenvalue weighted by Gasteiger charge is 2.17. The van der Waals surface area contributed by atoms with Crippen LogP contribution in [0.4, 0.5) is 4.79 Å². The number of nitrogens with one attached hydrogen (secondary N) is 1. The summed E-state index contributed by atoms with van der Waals surface area (Å²) in [6.07, 6.45) is -0.985. The Hall–Kier alpha value is -2.57. The van der Waals surface area contributed by atoms with Crippen molar-refractivity contribution in [3.8, 4) is 0 Å². The van der Waals surface area contributed by atoms with Crippen molar-refractivity contribution in [2.45, 2.75) is 26.6 Å². The van der Waals surface area contributed by atoms with Gasteiger partial charge in [-0.15, -0.1) is 0 Å². The number of aryl methyl sites for hydroxylation is 1. The maximum Gasteiger partial charge on any atom is 0.406 e. The molecule has 0 heterocycles. The number of alkyl carbamates (subject to hydrolysis) is 1. The number of esters is 1. The Morgan fingerprint density at radius 1 is 1.18 bits per heavy atom. The molecule has 2 rings (SSSR count). The summed E-state index contributed by atoms with van der Waals surface area (Å²) in [7, 11) is 1.30. The molecule has 0 saturated carbocycles. The second kappa shape index (κ2) is 10.7. The van der Waals surface area contributed by atoms with Gasteiger partial charge in [-0.05, 0) is 54.8 Å². The average molecular weight is 406 g/mol. The van der Waals surface area contributed by atoms with Gasteiger partial charge in [0, 0.05) is 5.02 Å². The van der Waals surface area contributed by atoms with E-state index in [2.05, 4.69) is 10.1 Å². The molecule has 150 valence electrons. The normalized spacial score (nSPS) is 11.6.